The lowest BCUT2D eigenvalue weighted by Crippen LogP contribution is -2.07. The third-order valence-electron chi connectivity index (χ3n) is 4.74. The minimum Gasteiger partial charge on any atom is -0.493 e. The summed E-state index contributed by atoms with van der Waals surface area (Å²) in [5.74, 6) is 1.23. The van der Waals surface area contributed by atoms with Crippen molar-refractivity contribution in [1.29, 1.82) is 0 Å². The monoisotopic (exact) mass is 420 g/mol. The third kappa shape index (κ3) is 3.71. The van der Waals surface area contributed by atoms with Gasteiger partial charge in [0, 0.05) is 18.2 Å². The Labute approximate surface area is 178 Å². The van der Waals surface area contributed by atoms with Crippen LogP contribution in [0.5, 0.6) is 17.2 Å². The minimum atomic E-state index is -0.0651. The van der Waals surface area contributed by atoms with Gasteiger partial charge in [0.25, 0.3) is 0 Å². The number of hydrogen-bond donors (Lipinski definition) is 0. The predicted molar refractivity (Wildman–Crippen MR) is 117 cm³/mol. The number of pyridine rings is 1. The van der Waals surface area contributed by atoms with E-state index in [1.54, 1.807) is 36.8 Å². The van der Waals surface area contributed by atoms with Gasteiger partial charge in [-0.2, -0.15) is 0 Å². The second kappa shape index (κ2) is 8.51. The molecular weight excluding hydrogens is 400 g/mol. The first-order valence-electron chi connectivity index (χ1n) is 9.27. The molecule has 0 saturated heterocycles. The number of thiazole rings is 1. The highest BCUT2D eigenvalue weighted by atomic mass is 32.1. The SMILES string of the molecule is COc1ccc(C(=O)Cc2ccc(-c3nc4ncccc4s3)cc2)c(OC)c1OC. The molecular formula is C23H20N2O4S. The molecule has 0 aliphatic rings. The fourth-order valence-electron chi connectivity index (χ4n) is 3.26. The first kappa shape index (κ1) is 19.8. The zero-order valence-corrected chi connectivity index (χ0v) is 17.7. The Kier molecular flexibility index (Phi) is 5.63. The van der Waals surface area contributed by atoms with E-state index in [0.29, 0.717) is 22.8 Å². The topological polar surface area (TPSA) is 70.5 Å². The Morgan fingerprint density at radius 3 is 2.37 bits per heavy atom. The van der Waals surface area contributed by atoms with Crippen LogP contribution in [0.25, 0.3) is 20.9 Å². The Morgan fingerprint density at radius 2 is 1.70 bits per heavy atom. The van der Waals surface area contributed by atoms with E-state index in [4.69, 9.17) is 14.2 Å². The largest absolute Gasteiger partial charge is 0.493 e. The fourth-order valence-corrected chi connectivity index (χ4v) is 4.19. The molecule has 0 unspecified atom stereocenters. The van der Waals surface area contributed by atoms with Gasteiger partial charge in [0.05, 0.1) is 31.6 Å². The smallest absolute Gasteiger partial charge is 0.204 e. The van der Waals surface area contributed by atoms with Gasteiger partial charge in [0.2, 0.25) is 5.75 Å². The van der Waals surface area contributed by atoms with Gasteiger partial charge in [-0.1, -0.05) is 24.3 Å². The first-order valence-corrected chi connectivity index (χ1v) is 10.1. The van der Waals surface area contributed by atoms with E-state index in [1.807, 2.05) is 36.4 Å². The van der Waals surface area contributed by atoms with Gasteiger partial charge >= 0.3 is 0 Å². The van der Waals surface area contributed by atoms with Gasteiger partial charge in [-0.05, 0) is 29.8 Å². The lowest BCUT2D eigenvalue weighted by Gasteiger charge is -2.15. The highest BCUT2D eigenvalue weighted by Crippen LogP contribution is 2.40. The number of ether oxygens (including phenoxy) is 3. The van der Waals surface area contributed by atoms with Crippen molar-refractivity contribution in [1.82, 2.24) is 9.97 Å². The summed E-state index contributed by atoms with van der Waals surface area (Å²) in [7, 11) is 4.57. The number of fused-ring (bicyclic) bond motifs is 1. The maximum absolute atomic E-state index is 12.9. The van der Waals surface area contributed by atoms with E-state index in [-0.39, 0.29) is 12.2 Å². The van der Waals surface area contributed by atoms with Crippen LogP contribution in [0.3, 0.4) is 0 Å². The average Bonchev–Trinajstić information content (AvgIpc) is 3.22. The van der Waals surface area contributed by atoms with E-state index in [1.165, 1.54) is 14.2 Å². The van der Waals surface area contributed by atoms with E-state index in [9.17, 15) is 4.79 Å². The molecule has 0 N–H and O–H groups in total. The van der Waals surface area contributed by atoms with Crippen LogP contribution in [-0.4, -0.2) is 37.1 Å². The molecule has 0 saturated carbocycles. The second-order valence-corrected chi connectivity index (χ2v) is 7.55. The Bertz CT molecular complexity index is 1170. The summed E-state index contributed by atoms with van der Waals surface area (Å²) in [6.45, 7) is 0. The van der Waals surface area contributed by atoms with Crippen LogP contribution in [0, 0.1) is 0 Å². The molecule has 0 aliphatic carbocycles. The first-order chi connectivity index (χ1) is 14.6. The molecule has 4 rings (SSSR count). The van der Waals surface area contributed by atoms with Crippen molar-refractivity contribution in [3.63, 3.8) is 0 Å². The fraction of sp³-hybridized carbons (Fsp3) is 0.174. The number of carbonyl (C=O) groups is 1. The van der Waals surface area contributed by atoms with Crippen molar-refractivity contribution >= 4 is 27.5 Å². The van der Waals surface area contributed by atoms with Crippen molar-refractivity contribution in [2.24, 2.45) is 0 Å². The lowest BCUT2D eigenvalue weighted by molar-refractivity contribution is 0.0989. The Hall–Kier alpha value is -3.45. The van der Waals surface area contributed by atoms with Crippen molar-refractivity contribution in [3.05, 3.63) is 65.9 Å². The minimum absolute atomic E-state index is 0.0651. The molecule has 0 atom stereocenters. The highest BCUT2D eigenvalue weighted by molar-refractivity contribution is 7.21. The van der Waals surface area contributed by atoms with Crippen molar-refractivity contribution in [2.75, 3.05) is 21.3 Å². The molecule has 0 amide bonds. The maximum Gasteiger partial charge on any atom is 0.204 e. The molecule has 0 fully saturated rings. The number of rotatable bonds is 7. The number of benzene rings is 2. The summed E-state index contributed by atoms with van der Waals surface area (Å²) in [6.07, 6.45) is 1.98. The number of aromatic nitrogens is 2. The standard InChI is InChI=1S/C23H20N2O4S/c1-27-18-11-10-16(20(28-2)21(18)29-3)17(26)13-14-6-8-15(9-7-14)23-25-22-19(30-23)5-4-12-24-22/h4-12H,13H2,1-3H3. The van der Waals surface area contributed by atoms with Gasteiger partial charge in [0.1, 0.15) is 5.01 Å². The number of hydrogen-bond acceptors (Lipinski definition) is 7. The summed E-state index contributed by atoms with van der Waals surface area (Å²) >= 11 is 1.60. The van der Waals surface area contributed by atoms with Crippen LogP contribution < -0.4 is 14.2 Å². The quantitative estimate of drug-likeness (QED) is 0.400. The summed E-state index contributed by atoms with van der Waals surface area (Å²) in [5.41, 5.74) is 3.10. The summed E-state index contributed by atoms with van der Waals surface area (Å²) in [4.78, 5) is 21.8. The van der Waals surface area contributed by atoms with Crippen LogP contribution in [0.4, 0.5) is 0 Å². The van der Waals surface area contributed by atoms with Gasteiger partial charge in [-0.15, -0.1) is 11.3 Å². The summed E-state index contributed by atoms with van der Waals surface area (Å²) < 4.78 is 17.1. The van der Waals surface area contributed by atoms with Gasteiger partial charge in [-0.25, -0.2) is 9.97 Å². The van der Waals surface area contributed by atoms with E-state index >= 15 is 0 Å². The Morgan fingerprint density at radius 1 is 0.933 bits per heavy atom. The molecule has 2 heterocycles. The molecule has 6 nitrogen and oxygen atoms in total. The number of Topliss-reactive ketones (excluding diaryl/α,β-unsaturated/α-hetero) is 1. The molecule has 0 spiro atoms. The molecule has 30 heavy (non-hydrogen) atoms. The van der Waals surface area contributed by atoms with E-state index in [2.05, 4.69) is 9.97 Å². The molecule has 7 heteroatoms. The zero-order valence-electron chi connectivity index (χ0n) is 16.8. The van der Waals surface area contributed by atoms with Gasteiger partial charge in [-0.3, -0.25) is 4.79 Å². The van der Waals surface area contributed by atoms with Crippen molar-refractivity contribution in [2.45, 2.75) is 6.42 Å². The van der Waals surface area contributed by atoms with Crippen LogP contribution in [-0.2, 0) is 6.42 Å². The van der Waals surface area contributed by atoms with Crippen molar-refractivity contribution < 1.29 is 19.0 Å². The average molecular weight is 420 g/mol. The maximum atomic E-state index is 12.9. The van der Waals surface area contributed by atoms with Gasteiger partial charge in [0.15, 0.2) is 22.9 Å². The van der Waals surface area contributed by atoms with E-state index < -0.39 is 0 Å². The summed E-state index contributed by atoms with van der Waals surface area (Å²) in [6, 6.07) is 15.2. The molecule has 152 valence electrons. The zero-order chi connectivity index (χ0) is 21.1. The van der Waals surface area contributed by atoms with Crippen LogP contribution in [0.1, 0.15) is 15.9 Å². The molecule has 0 radical (unpaired) electrons. The summed E-state index contributed by atoms with van der Waals surface area (Å²) in [5, 5.41) is 0.906. The number of methoxy groups -OCH3 is 3. The van der Waals surface area contributed by atoms with Crippen LogP contribution in [0.15, 0.2) is 54.7 Å². The van der Waals surface area contributed by atoms with E-state index in [0.717, 1.165) is 26.5 Å². The lowest BCUT2D eigenvalue weighted by atomic mass is 10.0. The normalized spacial score (nSPS) is 10.8. The molecule has 2 aromatic heterocycles. The third-order valence-corrected chi connectivity index (χ3v) is 5.79. The molecule has 2 aromatic carbocycles. The molecule has 4 aromatic rings. The molecule has 0 aliphatic heterocycles. The van der Waals surface area contributed by atoms with Crippen molar-refractivity contribution in [3.8, 4) is 27.8 Å². The van der Waals surface area contributed by atoms with Crippen LogP contribution >= 0.6 is 11.3 Å². The molecule has 0 bridgehead atoms. The van der Waals surface area contributed by atoms with Crippen LogP contribution in [0.2, 0.25) is 0 Å². The predicted octanol–water partition coefficient (Wildman–Crippen LogP) is 4.81. The number of carbonyl (C=O) groups excluding carboxylic acids is 1. The second-order valence-electron chi connectivity index (χ2n) is 6.52. The van der Waals surface area contributed by atoms with Gasteiger partial charge < -0.3 is 14.2 Å². The highest BCUT2D eigenvalue weighted by Gasteiger charge is 2.20. The Balaban J connectivity index is 1.57. The number of ketones is 1. The number of nitrogens with zero attached hydrogens (tertiary/aromatic N) is 2.